The summed E-state index contributed by atoms with van der Waals surface area (Å²) in [6.45, 7) is 0.109. The lowest BCUT2D eigenvalue weighted by Gasteiger charge is -2.32. The molecule has 1 aromatic heterocycles. The van der Waals surface area contributed by atoms with Gasteiger partial charge in [0.25, 0.3) is 0 Å². The monoisotopic (exact) mass is 461 g/mol. The summed E-state index contributed by atoms with van der Waals surface area (Å²) in [7, 11) is -4.01. The fourth-order valence-electron chi connectivity index (χ4n) is 3.35. The molecule has 1 fully saturated rings. The first kappa shape index (κ1) is 20.9. The van der Waals surface area contributed by atoms with Crippen LogP contribution in [-0.4, -0.2) is 42.2 Å². The Kier molecular flexibility index (Phi) is 5.37. The highest BCUT2D eigenvalue weighted by molar-refractivity contribution is 7.89. The second-order valence-electron chi connectivity index (χ2n) is 6.72. The number of ether oxygens (including phenoxy) is 1. The molecule has 1 saturated heterocycles. The summed E-state index contributed by atoms with van der Waals surface area (Å²) in [4.78, 5) is -0.204. The van der Waals surface area contributed by atoms with Gasteiger partial charge in [0.15, 0.2) is 5.52 Å². The summed E-state index contributed by atoms with van der Waals surface area (Å²) in [5, 5.41) is 7.25. The van der Waals surface area contributed by atoms with Gasteiger partial charge in [0.1, 0.15) is 22.3 Å². The molecule has 1 aliphatic heterocycles. The van der Waals surface area contributed by atoms with Crippen LogP contribution in [0.3, 0.4) is 0 Å². The lowest BCUT2D eigenvalue weighted by atomic mass is 10.1. The number of fused-ring (bicyclic) bond motifs is 1. The Morgan fingerprint density at radius 2 is 1.80 bits per heavy atom. The lowest BCUT2D eigenvalue weighted by molar-refractivity contribution is -0.139. The first-order valence-corrected chi connectivity index (χ1v) is 10.7. The number of para-hydroxylation sites is 1. The van der Waals surface area contributed by atoms with Crippen LogP contribution >= 0.6 is 11.6 Å². The first-order chi connectivity index (χ1) is 14.2. The molecule has 0 unspecified atom stereocenters. The van der Waals surface area contributed by atoms with Gasteiger partial charge < -0.3 is 4.74 Å². The number of nitrogens with zero attached hydrogens (tertiary/aromatic N) is 3. The van der Waals surface area contributed by atoms with E-state index in [0.29, 0.717) is 0 Å². The minimum atomic E-state index is -4.54. The number of hydrogen-bond acceptors (Lipinski definition) is 6. The Balaban J connectivity index is 1.51. The van der Waals surface area contributed by atoms with Gasteiger partial charge in [-0.25, -0.2) is 13.0 Å². The minimum absolute atomic E-state index is 0.0179. The Hall–Kier alpha value is -2.37. The van der Waals surface area contributed by atoms with Gasteiger partial charge in [-0.15, -0.1) is 0 Å². The van der Waals surface area contributed by atoms with Gasteiger partial charge in [0.2, 0.25) is 10.0 Å². The fraction of sp³-hybridized carbons (Fsp3) is 0.333. The van der Waals surface area contributed by atoms with Crippen LogP contribution in [0.25, 0.3) is 11.0 Å². The SMILES string of the molecule is O=S(=O)(c1c(Cl)ccc2nonc12)N1CCC(Oc2ccccc2C(F)(F)F)CC1. The molecule has 160 valence electrons. The van der Waals surface area contributed by atoms with E-state index in [-0.39, 0.29) is 52.6 Å². The summed E-state index contributed by atoms with van der Waals surface area (Å²) in [6, 6.07) is 7.83. The van der Waals surface area contributed by atoms with E-state index >= 15 is 0 Å². The van der Waals surface area contributed by atoms with Gasteiger partial charge in [-0.2, -0.15) is 17.5 Å². The number of aromatic nitrogens is 2. The number of alkyl halides is 3. The highest BCUT2D eigenvalue weighted by Crippen LogP contribution is 2.37. The lowest BCUT2D eigenvalue weighted by Crippen LogP contribution is -2.42. The molecule has 3 aromatic rings. The van der Waals surface area contributed by atoms with Gasteiger partial charge in [-0.3, -0.25) is 0 Å². The molecule has 1 aliphatic rings. The average molecular weight is 462 g/mol. The van der Waals surface area contributed by atoms with E-state index in [4.69, 9.17) is 16.3 Å². The number of benzene rings is 2. The molecule has 30 heavy (non-hydrogen) atoms. The van der Waals surface area contributed by atoms with Gasteiger partial charge in [0.05, 0.1) is 10.6 Å². The quantitative estimate of drug-likeness (QED) is 0.581. The third-order valence-corrected chi connectivity index (χ3v) is 7.22. The van der Waals surface area contributed by atoms with Crippen LogP contribution in [0.5, 0.6) is 5.75 Å². The summed E-state index contributed by atoms with van der Waals surface area (Å²) < 4.78 is 77.0. The topological polar surface area (TPSA) is 85.5 Å². The van der Waals surface area contributed by atoms with Crippen molar-refractivity contribution in [3.8, 4) is 5.75 Å². The highest BCUT2D eigenvalue weighted by Gasteiger charge is 2.37. The molecule has 0 aliphatic carbocycles. The zero-order chi connectivity index (χ0) is 21.5. The maximum atomic E-state index is 13.1. The van der Waals surface area contributed by atoms with E-state index in [1.54, 1.807) is 0 Å². The molecular weight excluding hydrogens is 447 g/mol. The average Bonchev–Trinajstić information content (AvgIpc) is 3.16. The molecule has 0 radical (unpaired) electrons. The van der Waals surface area contributed by atoms with E-state index in [0.717, 1.165) is 6.07 Å². The Bertz CT molecular complexity index is 1170. The summed E-state index contributed by atoms with van der Waals surface area (Å²) in [5.74, 6) is -0.271. The van der Waals surface area contributed by atoms with Gasteiger partial charge in [-0.1, -0.05) is 23.7 Å². The molecule has 7 nitrogen and oxygen atoms in total. The first-order valence-electron chi connectivity index (χ1n) is 8.92. The van der Waals surface area contributed by atoms with E-state index in [2.05, 4.69) is 14.9 Å². The highest BCUT2D eigenvalue weighted by atomic mass is 35.5. The molecular formula is C18H15ClF3N3O4S. The molecule has 0 atom stereocenters. The number of sulfonamides is 1. The largest absolute Gasteiger partial charge is 0.490 e. The fourth-order valence-corrected chi connectivity index (χ4v) is 5.45. The van der Waals surface area contributed by atoms with Gasteiger partial charge in [-0.05, 0) is 47.4 Å². The standard InChI is InChI=1S/C18H15ClF3N3O4S/c19-13-5-6-14-16(24-29-23-14)17(13)30(26,27)25-9-7-11(8-10-25)28-15-4-2-1-3-12(15)18(20,21)22/h1-6,11H,7-10H2. The van der Waals surface area contributed by atoms with Crippen LogP contribution < -0.4 is 4.74 Å². The normalized spacial score (nSPS) is 16.8. The van der Waals surface area contributed by atoms with Crippen LogP contribution in [0.4, 0.5) is 13.2 Å². The zero-order valence-corrected chi connectivity index (χ0v) is 16.8. The second kappa shape index (κ2) is 7.71. The van der Waals surface area contributed by atoms with Gasteiger partial charge >= 0.3 is 6.18 Å². The molecule has 0 amide bonds. The van der Waals surface area contributed by atoms with Crippen LogP contribution in [0.15, 0.2) is 45.9 Å². The van der Waals surface area contributed by atoms with Crippen molar-refractivity contribution in [3.05, 3.63) is 47.0 Å². The summed E-state index contributed by atoms with van der Waals surface area (Å²) in [5.41, 5.74) is -0.586. The summed E-state index contributed by atoms with van der Waals surface area (Å²) >= 11 is 6.11. The molecule has 2 heterocycles. The van der Waals surface area contributed by atoms with Crippen molar-refractivity contribution in [1.29, 1.82) is 0 Å². The molecule has 4 rings (SSSR count). The number of rotatable bonds is 4. The van der Waals surface area contributed by atoms with Crippen molar-refractivity contribution >= 4 is 32.7 Å². The molecule has 12 heteroatoms. The maximum absolute atomic E-state index is 13.1. The number of hydrogen-bond donors (Lipinski definition) is 0. The predicted molar refractivity (Wildman–Crippen MR) is 101 cm³/mol. The zero-order valence-electron chi connectivity index (χ0n) is 15.3. The van der Waals surface area contributed by atoms with Crippen molar-refractivity contribution in [1.82, 2.24) is 14.6 Å². The molecule has 0 spiro atoms. The van der Waals surface area contributed by atoms with Gasteiger partial charge in [0, 0.05) is 13.1 Å². The molecule has 0 N–H and O–H groups in total. The van der Waals surface area contributed by atoms with Crippen molar-refractivity contribution < 1.29 is 31.0 Å². The smallest absolute Gasteiger partial charge is 0.419 e. The van der Waals surface area contributed by atoms with E-state index in [9.17, 15) is 21.6 Å². The Labute approximate surface area is 174 Å². The second-order valence-corrected chi connectivity index (χ2v) is 9.01. The Morgan fingerprint density at radius 3 is 2.50 bits per heavy atom. The third-order valence-electron chi connectivity index (χ3n) is 4.82. The van der Waals surface area contributed by atoms with E-state index < -0.39 is 27.9 Å². The van der Waals surface area contributed by atoms with Crippen molar-refractivity contribution in [2.24, 2.45) is 0 Å². The minimum Gasteiger partial charge on any atom is -0.490 e. The molecule has 0 bridgehead atoms. The predicted octanol–water partition coefficient (Wildman–Crippen LogP) is 4.13. The van der Waals surface area contributed by atoms with Crippen LogP contribution in [-0.2, 0) is 16.2 Å². The Morgan fingerprint density at radius 1 is 1.10 bits per heavy atom. The van der Waals surface area contributed by atoms with Crippen molar-refractivity contribution in [3.63, 3.8) is 0 Å². The van der Waals surface area contributed by atoms with Crippen LogP contribution in [0.2, 0.25) is 5.02 Å². The van der Waals surface area contributed by atoms with Crippen LogP contribution in [0, 0.1) is 0 Å². The van der Waals surface area contributed by atoms with Crippen LogP contribution in [0.1, 0.15) is 18.4 Å². The molecule has 2 aromatic carbocycles. The third kappa shape index (κ3) is 3.84. The maximum Gasteiger partial charge on any atom is 0.419 e. The number of piperidine rings is 1. The van der Waals surface area contributed by atoms with E-state index in [1.165, 1.54) is 34.6 Å². The van der Waals surface area contributed by atoms with Crippen molar-refractivity contribution in [2.45, 2.75) is 30.0 Å². The number of halogens is 4. The molecule has 0 saturated carbocycles. The summed E-state index contributed by atoms with van der Waals surface area (Å²) in [6.07, 6.45) is -4.66. The van der Waals surface area contributed by atoms with E-state index in [1.807, 2.05) is 0 Å². The van der Waals surface area contributed by atoms with Crippen molar-refractivity contribution in [2.75, 3.05) is 13.1 Å².